The highest BCUT2D eigenvalue weighted by atomic mass is 16.4. The second-order valence-electron chi connectivity index (χ2n) is 6.66. The monoisotopic (exact) mass is 295 g/mol. The van der Waals surface area contributed by atoms with Crippen LogP contribution in [0.1, 0.15) is 32.1 Å². The van der Waals surface area contributed by atoms with E-state index >= 15 is 0 Å². The average molecular weight is 295 g/mol. The summed E-state index contributed by atoms with van der Waals surface area (Å²) in [6, 6.07) is -0.0903. The molecule has 0 radical (unpaired) electrons. The minimum atomic E-state index is -0.867. The Balaban J connectivity index is 1.65. The van der Waals surface area contributed by atoms with Crippen molar-refractivity contribution in [3.8, 4) is 0 Å². The summed E-state index contributed by atoms with van der Waals surface area (Å²) in [5.74, 6) is -0.319. The molecule has 3 saturated heterocycles. The summed E-state index contributed by atoms with van der Waals surface area (Å²) in [5.41, 5.74) is 0. The molecule has 3 aliphatic heterocycles. The molecule has 21 heavy (non-hydrogen) atoms. The van der Waals surface area contributed by atoms with E-state index in [4.69, 9.17) is 0 Å². The highest BCUT2D eigenvalue weighted by molar-refractivity contribution is 5.83. The van der Waals surface area contributed by atoms with Gasteiger partial charge in [0.1, 0.15) is 6.04 Å². The predicted octanol–water partition coefficient (Wildman–Crippen LogP) is 1.07. The van der Waals surface area contributed by atoms with Crippen LogP contribution < -0.4 is 0 Å². The zero-order chi connectivity index (χ0) is 15.0. The number of hydrogen-bond acceptors (Lipinski definition) is 3. The number of hydrogen-bond donors (Lipinski definition) is 1. The first-order chi connectivity index (χ1) is 10.1. The van der Waals surface area contributed by atoms with E-state index in [2.05, 4.69) is 11.9 Å². The quantitative estimate of drug-likeness (QED) is 0.786. The molecule has 118 valence electrons. The second kappa shape index (κ2) is 5.83. The molecule has 6 heteroatoms. The van der Waals surface area contributed by atoms with E-state index in [0.29, 0.717) is 24.9 Å². The molecule has 3 atom stereocenters. The fourth-order valence-corrected chi connectivity index (χ4v) is 4.26. The molecule has 3 heterocycles. The highest BCUT2D eigenvalue weighted by Gasteiger charge is 2.40. The van der Waals surface area contributed by atoms with Crippen LogP contribution in [0.4, 0.5) is 4.79 Å². The third-order valence-corrected chi connectivity index (χ3v) is 5.40. The van der Waals surface area contributed by atoms with Gasteiger partial charge in [-0.3, -0.25) is 0 Å². The van der Waals surface area contributed by atoms with Crippen molar-refractivity contribution in [3.05, 3.63) is 0 Å². The standard InChI is InChI=1S/C15H25N3O3/c1-16-7-2-4-11-10-17(9-6-12(11)16)15(21)18-8-3-5-13(18)14(19)20/h11-13H,2-10H2,1H3,(H,19,20)/t11?,12?,13-/m1/s1. The van der Waals surface area contributed by atoms with Crippen molar-refractivity contribution in [2.75, 3.05) is 33.2 Å². The van der Waals surface area contributed by atoms with E-state index in [0.717, 1.165) is 32.5 Å². The number of aliphatic carboxylic acids is 1. The number of piperidine rings is 2. The van der Waals surface area contributed by atoms with Crippen LogP contribution in [0.5, 0.6) is 0 Å². The Labute approximate surface area is 125 Å². The lowest BCUT2D eigenvalue weighted by Crippen LogP contribution is -2.57. The number of carbonyl (C=O) groups excluding carboxylic acids is 1. The number of likely N-dealkylation sites (tertiary alicyclic amines) is 3. The van der Waals surface area contributed by atoms with Crippen molar-refractivity contribution in [1.29, 1.82) is 0 Å². The SMILES string of the molecule is CN1CCCC2CN(C(=O)N3CCC[C@@H]3C(=O)O)CCC21. The third kappa shape index (κ3) is 2.73. The maximum atomic E-state index is 12.6. The smallest absolute Gasteiger partial charge is 0.326 e. The molecule has 3 rings (SSSR count). The van der Waals surface area contributed by atoms with Gasteiger partial charge in [0.15, 0.2) is 0 Å². The zero-order valence-electron chi connectivity index (χ0n) is 12.7. The lowest BCUT2D eigenvalue weighted by atomic mass is 9.84. The zero-order valence-corrected chi connectivity index (χ0v) is 12.7. The van der Waals surface area contributed by atoms with Crippen LogP contribution in [0.25, 0.3) is 0 Å². The van der Waals surface area contributed by atoms with Crippen LogP contribution in [0, 0.1) is 5.92 Å². The summed E-state index contributed by atoms with van der Waals surface area (Å²) in [5, 5.41) is 9.23. The minimum Gasteiger partial charge on any atom is -0.480 e. The minimum absolute atomic E-state index is 0.0634. The molecule has 0 aliphatic carbocycles. The van der Waals surface area contributed by atoms with Gasteiger partial charge in [-0.2, -0.15) is 0 Å². The third-order valence-electron chi connectivity index (χ3n) is 5.40. The predicted molar refractivity (Wildman–Crippen MR) is 78.1 cm³/mol. The van der Waals surface area contributed by atoms with E-state index in [1.54, 1.807) is 4.90 Å². The molecule has 3 aliphatic rings. The molecule has 0 saturated carbocycles. The van der Waals surface area contributed by atoms with E-state index in [-0.39, 0.29) is 6.03 Å². The van der Waals surface area contributed by atoms with Crippen molar-refractivity contribution < 1.29 is 14.7 Å². The van der Waals surface area contributed by atoms with Crippen LogP contribution >= 0.6 is 0 Å². The van der Waals surface area contributed by atoms with Gasteiger partial charge in [-0.05, 0) is 51.6 Å². The first-order valence-corrected chi connectivity index (χ1v) is 8.06. The van der Waals surface area contributed by atoms with Crippen LogP contribution in [-0.2, 0) is 4.79 Å². The summed E-state index contributed by atoms with van der Waals surface area (Å²) in [4.78, 5) is 29.8. The van der Waals surface area contributed by atoms with E-state index < -0.39 is 12.0 Å². The van der Waals surface area contributed by atoms with Crippen LogP contribution in [-0.4, -0.2) is 77.1 Å². The largest absolute Gasteiger partial charge is 0.480 e. The Kier molecular flexibility index (Phi) is 4.06. The van der Waals surface area contributed by atoms with E-state index in [1.807, 2.05) is 4.90 Å². The molecule has 2 amide bonds. The second-order valence-corrected chi connectivity index (χ2v) is 6.66. The Morgan fingerprint density at radius 1 is 1.05 bits per heavy atom. The van der Waals surface area contributed by atoms with Gasteiger partial charge >= 0.3 is 12.0 Å². The molecular formula is C15H25N3O3. The topological polar surface area (TPSA) is 64.1 Å². The molecule has 6 nitrogen and oxygen atoms in total. The van der Waals surface area contributed by atoms with E-state index in [9.17, 15) is 14.7 Å². The van der Waals surface area contributed by atoms with Crippen LogP contribution in [0.3, 0.4) is 0 Å². The van der Waals surface area contributed by atoms with Gasteiger partial charge in [-0.25, -0.2) is 9.59 Å². The average Bonchev–Trinajstić information content (AvgIpc) is 2.96. The normalized spacial score (nSPS) is 33.9. The van der Waals surface area contributed by atoms with Gasteiger partial charge in [-0.15, -0.1) is 0 Å². The van der Waals surface area contributed by atoms with Crippen LogP contribution in [0.2, 0.25) is 0 Å². The molecule has 0 bridgehead atoms. The van der Waals surface area contributed by atoms with Gasteiger partial charge < -0.3 is 19.8 Å². The van der Waals surface area contributed by atoms with Crippen molar-refractivity contribution >= 4 is 12.0 Å². The number of carboxylic acid groups (broad SMARTS) is 1. The number of carbonyl (C=O) groups is 2. The highest BCUT2D eigenvalue weighted by Crippen LogP contribution is 2.30. The maximum absolute atomic E-state index is 12.6. The van der Waals surface area contributed by atoms with Crippen molar-refractivity contribution in [2.45, 2.75) is 44.2 Å². The number of rotatable bonds is 1. The molecule has 0 aromatic carbocycles. The molecule has 1 N–H and O–H groups in total. The van der Waals surface area contributed by atoms with Crippen molar-refractivity contribution in [2.24, 2.45) is 5.92 Å². The lowest BCUT2D eigenvalue weighted by Gasteiger charge is -2.46. The van der Waals surface area contributed by atoms with Gasteiger partial charge in [-0.1, -0.05) is 0 Å². The maximum Gasteiger partial charge on any atom is 0.326 e. The van der Waals surface area contributed by atoms with Gasteiger partial charge in [0, 0.05) is 25.7 Å². The molecule has 2 unspecified atom stereocenters. The number of urea groups is 1. The summed E-state index contributed by atoms with van der Waals surface area (Å²) >= 11 is 0. The Morgan fingerprint density at radius 2 is 1.81 bits per heavy atom. The first kappa shape index (κ1) is 14.6. The summed E-state index contributed by atoms with van der Waals surface area (Å²) < 4.78 is 0. The Bertz CT molecular complexity index is 428. The Morgan fingerprint density at radius 3 is 2.57 bits per heavy atom. The number of amides is 2. The number of carboxylic acids is 1. The molecule has 0 aromatic rings. The summed E-state index contributed by atoms with van der Waals surface area (Å²) in [7, 11) is 2.18. The number of nitrogens with zero attached hydrogens (tertiary/aromatic N) is 3. The fourth-order valence-electron chi connectivity index (χ4n) is 4.26. The number of fused-ring (bicyclic) bond motifs is 1. The van der Waals surface area contributed by atoms with Gasteiger partial charge in [0.2, 0.25) is 0 Å². The molecular weight excluding hydrogens is 270 g/mol. The summed E-state index contributed by atoms with van der Waals surface area (Å²) in [6.07, 6.45) is 4.77. The van der Waals surface area contributed by atoms with Gasteiger partial charge in [0.05, 0.1) is 0 Å². The van der Waals surface area contributed by atoms with Crippen molar-refractivity contribution in [1.82, 2.24) is 14.7 Å². The molecule has 0 aromatic heterocycles. The van der Waals surface area contributed by atoms with Crippen LogP contribution in [0.15, 0.2) is 0 Å². The Hall–Kier alpha value is -1.30. The first-order valence-electron chi connectivity index (χ1n) is 8.06. The fraction of sp³-hybridized carbons (Fsp3) is 0.867. The van der Waals surface area contributed by atoms with E-state index in [1.165, 1.54) is 12.8 Å². The molecule has 0 spiro atoms. The lowest BCUT2D eigenvalue weighted by molar-refractivity contribution is -0.141. The summed E-state index contributed by atoms with van der Waals surface area (Å²) in [6.45, 7) is 3.28. The molecule has 3 fully saturated rings. The van der Waals surface area contributed by atoms with Gasteiger partial charge in [0.25, 0.3) is 0 Å². The van der Waals surface area contributed by atoms with Crippen molar-refractivity contribution in [3.63, 3.8) is 0 Å².